The van der Waals surface area contributed by atoms with Gasteiger partial charge in [0.1, 0.15) is 6.26 Å². The maximum absolute atomic E-state index is 4.51. The Bertz CT molecular complexity index is 73.2. The normalized spacial score (nSPS) is 21.5. The molecule has 1 N–H and O–H groups in total. The lowest BCUT2D eigenvalue weighted by Gasteiger charge is -1.91. The van der Waals surface area contributed by atoms with Crippen LogP contribution in [-0.2, 0) is 4.84 Å². The molecule has 0 unspecified atom stereocenters. The molecule has 0 aliphatic carbocycles. The predicted molar refractivity (Wildman–Crippen MR) is 25.6 cm³/mol. The third kappa shape index (κ3) is 0.666. The molecule has 1 rings (SSSR count). The van der Waals surface area contributed by atoms with Gasteiger partial charge in [0.25, 0.3) is 0 Å². The molecule has 0 aromatic carbocycles. The Kier molecular flexibility index (Phi) is 1.03. The second-order valence-corrected chi connectivity index (χ2v) is 1.39. The van der Waals surface area contributed by atoms with E-state index in [1.165, 1.54) is 6.26 Å². The number of thiol groups is 1. The molecule has 0 bridgehead atoms. The summed E-state index contributed by atoms with van der Waals surface area (Å²) in [7, 11) is 0. The number of hydrogen-bond acceptors (Lipinski definition) is 3. The van der Waals surface area contributed by atoms with Crippen molar-refractivity contribution >= 4 is 12.6 Å². The first-order chi connectivity index (χ1) is 2.89. The van der Waals surface area contributed by atoms with Crippen LogP contribution in [0, 0.1) is 5.37 Å². The molecule has 3 heteroatoms. The van der Waals surface area contributed by atoms with Crippen molar-refractivity contribution in [2.45, 2.75) is 0 Å². The standard InChI is InChI=1S/C3H4NOS/c6-3-1-2-5-4-3/h1-2,4,6H. The van der Waals surface area contributed by atoms with Crippen LogP contribution in [0.15, 0.2) is 12.3 Å². The molecule has 0 saturated heterocycles. The molecule has 0 amide bonds. The van der Waals surface area contributed by atoms with Crippen molar-refractivity contribution in [3.8, 4) is 0 Å². The first-order valence-corrected chi connectivity index (χ1v) is 1.98. The van der Waals surface area contributed by atoms with E-state index in [4.69, 9.17) is 0 Å². The molecule has 2 nitrogen and oxygen atoms in total. The third-order valence-electron chi connectivity index (χ3n) is 0.457. The van der Waals surface area contributed by atoms with E-state index in [0.717, 1.165) is 5.37 Å². The maximum atomic E-state index is 4.51. The highest BCUT2D eigenvalue weighted by Crippen LogP contribution is 2.06. The third-order valence-corrected chi connectivity index (χ3v) is 0.698. The van der Waals surface area contributed by atoms with E-state index in [9.17, 15) is 0 Å². The van der Waals surface area contributed by atoms with Crippen LogP contribution in [0.2, 0.25) is 0 Å². The topological polar surface area (TPSA) is 21.3 Å². The molecule has 6 heavy (non-hydrogen) atoms. The molecule has 1 radical (unpaired) electrons. The summed E-state index contributed by atoms with van der Waals surface area (Å²) in [6.07, 6.45) is 3.26. The molecule has 0 saturated carbocycles. The number of rotatable bonds is 0. The van der Waals surface area contributed by atoms with Gasteiger partial charge in [0.2, 0.25) is 0 Å². The zero-order valence-electron chi connectivity index (χ0n) is 3.01. The van der Waals surface area contributed by atoms with Crippen molar-refractivity contribution in [3.05, 3.63) is 17.7 Å². The van der Waals surface area contributed by atoms with Gasteiger partial charge in [-0.15, -0.1) is 18.1 Å². The van der Waals surface area contributed by atoms with Crippen molar-refractivity contribution in [2.75, 3.05) is 0 Å². The van der Waals surface area contributed by atoms with Crippen molar-refractivity contribution in [2.24, 2.45) is 0 Å². The van der Waals surface area contributed by atoms with Gasteiger partial charge in [-0.3, -0.25) is 0 Å². The Morgan fingerprint density at radius 1 is 1.83 bits per heavy atom. The molecule has 0 aromatic heterocycles. The van der Waals surface area contributed by atoms with Crippen molar-refractivity contribution in [3.63, 3.8) is 0 Å². The summed E-state index contributed by atoms with van der Waals surface area (Å²) < 4.78 is 0. The maximum Gasteiger partial charge on any atom is 0.152 e. The van der Waals surface area contributed by atoms with Crippen LogP contribution in [-0.4, -0.2) is 0 Å². The van der Waals surface area contributed by atoms with Gasteiger partial charge in [-0.05, 0) is 6.08 Å². The second kappa shape index (κ2) is 1.53. The van der Waals surface area contributed by atoms with Gasteiger partial charge >= 0.3 is 0 Å². The van der Waals surface area contributed by atoms with Gasteiger partial charge in [0.15, 0.2) is 5.37 Å². The molecule has 1 aliphatic heterocycles. The lowest BCUT2D eigenvalue weighted by molar-refractivity contribution is 0.180. The summed E-state index contributed by atoms with van der Waals surface area (Å²) in [4.78, 5) is 4.51. The highest BCUT2D eigenvalue weighted by molar-refractivity contribution is 7.83. The Hall–Kier alpha value is -0.150. The van der Waals surface area contributed by atoms with E-state index in [1.54, 1.807) is 6.08 Å². The molecule has 0 spiro atoms. The average Bonchev–Trinajstić information content (AvgIpc) is 1.86. The minimum absolute atomic E-state index is 0.745. The van der Waals surface area contributed by atoms with Crippen LogP contribution in [0.1, 0.15) is 0 Å². The zero-order valence-corrected chi connectivity index (χ0v) is 3.90. The van der Waals surface area contributed by atoms with E-state index in [-0.39, 0.29) is 0 Å². The highest BCUT2D eigenvalue weighted by Gasteiger charge is 2.01. The summed E-state index contributed by atoms with van der Waals surface area (Å²) in [6, 6.07) is 0. The summed E-state index contributed by atoms with van der Waals surface area (Å²) in [5.41, 5.74) is 2.49. The highest BCUT2D eigenvalue weighted by atomic mass is 32.1. The minimum Gasteiger partial charge on any atom is -0.415 e. The molecule has 0 aromatic rings. The van der Waals surface area contributed by atoms with Gasteiger partial charge in [0.05, 0.1) is 0 Å². The van der Waals surface area contributed by atoms with E-state index in [0.29, 0.717) is 0 Å². The van der Waals surface area contributed by atoms with Crippen molar-refractivity contribution in [1.82, 2.24) is 5.48 Å². The van der Waals surface area contributed by atoms with Crippen molar-refractivity contribution in [1.29, 1.82) is 0 Å². The quantitative estimate of drug-likeness (QED) is 0.433. The monoisotopic (exact) mass is 102 g/mol. The lowest BCUT2D eigenvalue weighted by Crippen LogP contribution is -2.04. The van der Waals surface area contributed by atoms with Gasteiger partial charge < -0.3 is 4.84 Å². The molecule has 1 aliphatic rings. The molecule has 1 heterocycles. The smallest absolute Gasteiger partial charge is 0.152 e. The van der Waals surface area contributed by atoms with E-state index < -0.39 is 0 Å². The number of nitrogens with one attached hydrogen (secondary N) is 1. The Labute approximate surface area is 41.5 Å². The van der Waals surface area contributed by atoms with Crippen molar-refractivity contribution < 1.29 is 4.84 Å². The first kappa shape index (κ1) is 4.02. The van der Waals surface area contributed by atoms with Crippen LogP contribution in [0.5, 0.6) is 0 Å². The van der Waals surface area contributed by atoms with Gasteiger partial charge in [0, 0.05) is 0 Å². The van der Waals surface area contributed by atoms with Crippen LogP contribution in [0.25, 0.3) is 0 Å². The SMILES string of the molecule is S[C]1C=CON1. The summed E-state index contributed by atoms with van der Waals surface area (Å²) in [5.74, 6) is 0. The fourth-order valence-electron chi connectivity index (χ4n) is 0.227. The van der Waals surface area contributed by atoms with E-state index in [2.05, 4.69) is 22.9 Å². The molecule has 33 valence electrons. The van der Waals surface area contributed by atoms with Crippen LogP contribution >= 0.6 is 12.6 Å². The van der Waals surface area contributed by atoms with Gasteiger partial charge in [-0.1, -0.05) is 0 Å². The summed E-state index contributed by atoms with van der Waals surface area (Å²) in [6.45, 7) is 0. The molecule has 0 fully saturated rings. The second-order valence-electron chi connectivity index (χ2n) is 0.908. The van der Waals surface area contributed by atoms with E-state index >= 15 is 0 Å². The minimum atomic E-state index is 0.745. The Morgan fingerprint density at radius 3 is 2.83 bits per heavy atom. The molecule has 0 atom stereocenters. The Morgan fingerprint density at radius 2 is 2.67 bits per heavy atom. The van der Waals surface area contributed by atoms with Crippen LogP contribution < -0.4 is 5.48 Å². The number of hydrogen-bond donors (Lipinski definition) is 2. The fraction of sp³-hybridized carbons (Fsp3) is 0. The lowest BCUT2D eigenvalue weighted by atomic mass is 10.6. The summed E-state index contributed by atoms with van der Waals surface area (Å²) >= 11 is 3.89. The van der Waals surface area contributed by atoms with Crippen LogP contribution in [0.4, 0.5) is 0 Å². The average molecular weight is 102 g/mol. The predicted octanol–water partition coefficient (Wildman–Crippen LogP) is 0.454. The van der Waals surface area contributed by atoms with Gasteiger partial charge in [-0.2, -0.15) is 0 Å². The summed E-state index contributed by atoms with van der Waals surface area (Å²) in [5, 5.41) is 0.745. The Balaban J connectivity index is 2.38. The molecular formula is C3H4NOS. The van der Waals surface area contributed by atoms with Gasteiger partial charge in [-0.25, -0.2) is 0 Å². The number of hydroxylamine groups is 1. The fourth-order valence-corrected chi connectivity index (χ4v) is 0.340. The largest absolute Gasteiger partial charge is 0.415 e. The zero-order chi connectivity index (χ0) is 4.41. The van der Waals surface area contributed by atoms with Crippen LogP contribution in [0.3, 0.4) is 0 Å². The first-order valence-electron chi connectivity index (χ1n) is 1.54. The van der Waals surface area contributed by atoms with E-state index in [1.807, 2.05) is 0 Å². The molecular weight excluding hydrogens is 98.1 g/mol.